The first kappa shape index (κ1) is 16.6. The third-order valence-corrected chi connectivity index (χ3v) is 4.74. The molecule has 0 aromatic carbocycles. The summed E-state index contributed by atoms with van der Waals surface area (Å²) in [5.74, 6) is -0.454. The number of carbonyl (C=O) groups is 2. The number of ether oxygens (including phenoxy) is 1. The number of thiophene rings is 1. The van der Waals surface area contributed by atoms with Gasteiger partial charge in [0.05, 0.1) is 11.8 Å². The van der Waals surface area contributed by atoms with Crippen LogP contribution in [0.5, 0.6) is 0 Å². The zero-order chi connectivity index (χ0) is 16.8. The van der Waals surface area contributed by atoms with Crippen molar-refractivity contribution in [3.05, 3.63) is 46.4 Å². The molecule has 24 heavy (non-hydrogen) atoms. The van der Waals surface area contributed by atoms with E-state index in [-0.39, 0.29) is 17.9 Å². The van der Waals surface area contributed by atoms with Crippen molar-refractivity contribution >= 4 is 28.8 Å². The second kappa shape index (κ2) is 8.03. The van der Waals surface area contributed by atoms with E-state index in [0.717, 1.165) is 25.9 Å². The Morgan fingerprint density at radius 3 is 2.79 bits per heavy atom. The van der Waals surface area contributed by atoms with Crippen molar-refractivity contribution in [2.24, 2.45) is 0 Å². The first-order valence-electron chi connectivity index (χ1n) is 7.92. The van der Waals surface area contributed by atoms with Gasteiger partial charge in [-0.3, -0.25) is 14.6 Å². The molecule has 1 aliphatic heterocycles. The average molecular weight is 345 g/mol. The minimum absolute atomic E-state index is 0.0810. The smallest absolute Gasteiger partial charge is 0.263 e. The molecule has 0 bridgehead atoms. The normalized spacial score (nSPS) is 17.2. The van der Waals surface area contributed by atoms with Gasteiger partial charge in [0.15, 0.2) is 0 Å². The number of nitrogens with one attached hydrogen (secondary N) is 2. The van der Waals surface area contributed by atoms with Gasteiger partial charge in [-0.1, -0.05) is 0 Å². The molecule has 1 unspecified atom stereocenters. The van der Waals surface area contributed by atoms with Crippen molar-refractivity contribution < 1.29 is 14.3 Å². The van der Waals surface area contributed by atoms with Crippen molar-refractivity contribution in [1.29, 1.82) is 0 Å². The van der Waals surface area contributed by atoms with Gasteiger partial charge in [-0.15, -0.1) is 11.3 Å². The van der Waals surface area contributed by atoms with Gasteiger partial charge in [0.2, 0.25) is 0 Å². The molecule has 1 saturated heterocycles. The van der Waals surface area contributed by atoms with Crippen molar-refractivity contribution in [2.75, 3.05) is 18.5 Å². The molecule has 0 spiro atoms. The van der Waals surface area contributed by atoms with Crippen LogP contribution in [0, 0.1) is 0 Å². The van der Waals surface area contributed by atoms with Gasteiger partial charge in [-0.05, 0) is 42.8 Å². The Morgan fingerprint density at radius 1 is 1.21 bits per heavy atom. The SMILES string of the molecule is O=C(Nc1ccsc1C(=O)NCC1CCCCO1)c1ccncc1. The molecule has 2 aromatic heterocycles. The molecule has 2 aromatic rings. The minimum atomic E-state index is -0.263. The first-order valence-corrected chi connectivity index (χ1v) is 8.80. The van der Waals surface area contributed by atoms with Crippen LogP contribution in [0.3, 0.4) is 0 Å². The lowest BCUT2D eigenvalue weighted by Gasteiger charge is -2.22. The summed E-state index contributed by atoms with van der Waals surface area (Å²) in [4.78, 5) is 29.0. The molecule has 126 valence electrons. The summed E-state index contributed by atoms with van der Waals surface area (Å²) >= 11 is 1.30. The van der Waals surface area contributed by atoms with E-state index in [1.54, 1.807) is 36.0 Å². The molecule has 3 heterocycles. The first-order chi connectivity index (χ1) is 11.7. The molecule has 0 aliphatic carbocycles. The van der Waals surface area contributed by atoms with Crippen LogP contribution in [0.1, 0.15) is 39.3 Å². The molecule has 0 radical (unpaired) electrons. The van der Waals surface area contributed by atoms with Crippen molar-refractivity contribution in [3.63, 3.8) is 0 Å². The molecule has 7 heteroatoms. The fourth-order valence-electron chi connectivity index (χ4n) is 2.54. The fraction of sp³-hybridized carbons (Fsp3) is 0.353. The molecule has 2 N–H and O–H groups in total. The number of rotatable bonds is 5. The Kier molecular flexibility index (Phi) is 5.55. The van der Waals surface area contributed by atoms with E-state index in [1.807, 2.05) is 0 Å². The molecule has 1 aliphatic rings. The van der Waals surface area contributed by atoms with Crippen LogP contribution in [0.15, 0.2) is 36.0 Å². The van der Waals surface area contributed by atoms with Gasteiger partial charge in [0.1, 0.15) is 4.88 Å². The third kappa shape index (κ3) is 4.18. The summed E-state index contributed by atoms with van der Waals surface area (Å²) < 4.78 is 5.61. The molecule has 6 nitrogen and oxygen atoms in total. The second-order valence-electron chi connectivity index (χ2n) is 5.55. The van der Waals surface area contributed by atoms with E-state index in [9.17, 15) is 9.59 Å². The van der Waals surface area contributed by atoms with Gasteiger partial charge < -0.3 is 15.4 Å². The largest absolute Gasteiger partial charge is 0.376 e. The van der Waals surface area contributed by atoms with Gasteiger partial charge in [0.25, 0.3) is 11.8 Å². The molecule has 2 amide bonds. The van der Waals surface area contributed by atoms with E-state index in [0.29, 0.717) is 22.7 Å². The highest BCUT2D eigenvalue weighted by molar-refractivity contribution is 7.12. The van der Waals surface area contributed by atoms with E-state index in [4.69, 9.17) is 4.74 Å². The van der Waals surface area contributed by atoms with Crippen molar-refractivity contribution in [2.45, 2.75) is 25.4 Å². The predicted octanol–water partition coefficient (Wildman–Crippen LogP) is 2.69. The number of nitrogens with zero attached hydrogens (tertiary/aromatic N) is 1. The number of carbonyl (C=O) groups excluding carboxylic acids is 2. The summed E-state index contributed by atoms with van der Waals surface area (Å²) in [5, 5.41) is 7.46. The highest BCUT2D eigenvalue weighted by Crippen LogP contribution is 2.23. The predicted molar refractivity (Wildman–Crippen MR) is 92.4 cm³/mol. The van der Waals surface area contributed by atoms with Crippen molar-refractivity contribution in [1.82, 2.24) is 10.3 Å². The highest BCUT2D eigenvalue weighted by Gasteiger charge is 2.19. The van der Waals surface area contributed by atoms with Gasteiger partial charge >= 0.3 is 0 Å². The van der Waals surface area contributed by atoms with Crippen LogP contribution < -0.4 is 10.6 Å². The monoisotopic (exact) mass is 345 g/mol. The lowest BCUT2D eigenvalue weighted by molar-refractivity contribution is 0.0169. The summed E-state index contributed by atoms with van der Waals surface area (Å²) in [6.07, 6.45) is 6.38. The van der Waals surface area contributed by atoms with Crippen LogP contribution >= 0.6 is 11.3 Å². The standard InChI is InChI=1S/C17H19N3O3S/c21-16(12-4-7-18-8-5-12)20-14-6-10-24-15(14)17(22)19-11-13-3-1-2-9-23-13/h4-8,10,13H,1-3,9,11H2,(H,19,22)(H,20,21). The fourth-order valence-corrected chi connectivity index (χ4v) is 3.30. The number of pyridine rings is 1. The van der Waals surface area contributed by atoms with Crippen LogP contribution in [0.4, 0.5) is 5.69 Å². The number of anilines is 1. The third-order valence-electron chi connectivity index (χ3n) is 3.83. The molecule has 1 atom stereocenters. The number of hydrogen-bond donors (Lipinski definition) is 2. The topological polar surface area (TPSA) is 80.3 Å². The quantitative estimate of drug-likeness (QED) is 0.873. The molecule has 0 saturated carbocycles. The number of aromatic nitrogens is 1. The summed E-state index contributed by atoms with van der Waals surface area (Å²) in [5.41, 5.74) is 1.02. The van der Waals surface area contributed by atoms with Crippen LogP contribution in [-0.2, 0) is 4.74 Å². The maximum absolute atomic E-state index is 12.4. The molecule has 3 rings (SSSR count). The Morgan fingerprint density at radius 2 is 2.04 bits per heavy atom. The number of hydrogen-bond acceptors (Lipinski definition) is 5. The lowest BCUT2D eigenvalue weighted by Crippen LogP contribution is -2.35. The van der Waals surface area contributed by atoms with Crippen LogP contribution in [0.25, 0.3) is 0 Å². The zero-order valence-electron chi connectivity index (χ0n) is 13.2. The lowest BCUT2D eigenvalue weighted by atomic mass is 10.1. The van der Waals surface area contributed by atoms with Gasteiger partial charge in [-0.2, -0.15) is 0 Å². The molecular formula is C17H19N3O3S. The van der Waals surface area contributed by atoms with Gasteiger partial charge in [-0.25, -0.2) is 0 Å². The van der Waals surface area contributed by atoms with E-state index >= 15 is 0 Å². The number of amides is 2. The maximum atomic E-state index is 12.4. The van der Waals surface area contributed by atoms with Crippen LogP contribution in [0.2, 0.25) is 0 Å². The Bertz CT molecular complexity index is 696. The van der Waals surface area contributed by atoms with Crippen LogP contribution in [-0.4, -0.2) is 36.1 Å². The minimum Gasteiger partial charge on any atom is -0.376 e. The van der Waals surface area contributed by atoms with Gasteiger partial charge in [0, 0.05) is 31.1 Å². The van der Waals surface area contributed by atoms with Crippen molar-refractivity contribution in [3.8, 4) is 0 Å². The highest BCUT2D eigenvalue weighted by atomic mass is 32.1. The molecular weight excluding hydrogens is 326 g/mol. The van der Waals surface area contributed by atoms with E-state index in [1.165, 1.54) is 11.3 Å². The van der Waals surface area contributed by atoms with E-state index < -0.39 is 0 Å². The second-order valence-corrected chi connectivity index (χ2v) is 6.47. The Balaban J connectivity index is 1.59. The van der Waals surface area contributed by atoms with E-state index in [2.05, 4.69) is 15.6 Å². The Hall–Kier alpha value is -2.25. The summed E-state index contributed by atoms with van der Waals surface area (Å²) in [6.45, 7) is 1.25. The average Bonchev–Trinajstić information content (AvgIpc) is 3.09. The maximum Gasteiger partial charge on any atom is 0.263 e. The summed E-state index contributed by atoms with van der Waals surface area (Å²) in [6, 6.07) is 4.99. The summed E-state index contributed by atoms with van der Waals surface area (Å²) in [7, 11) is 0. The Labute approximate surface area is 144 Å². The molecule has 1 fully saturated rings. The zero-order valence-corrected chi connectivity index (χ0v) is 14.0.